The van der Waals surface area contributed by atoms with E-state index < -0.39 is 0 Å². The second kappa shape index (κ2) is 6.35. The first-order valence-electron chi connectivity index (χ1n) is 6.01. The van der Waals surface area contributed by atoms with E-state index in [1.807, 2.05) is 13.8 Å². The van der Waals surface area contributed by atoms with Crippen molar-refractivity contribution in [2.24, 2.45) is 11.7 Å². The quantitative estimate of drug-likeness (QED) is 0.739. The zero-order chi connectivity index (χ0) is 12.8. The van der Waals surface area contributed by atoms with Crippen LogP contribution in [0.25, 0.3) is 0 Å². The van der Waals surface area contributed by atoms with Gasteiger partial charge in [0, 0.05) is 30.0 Å². The lowest BCUT2D eigenvalue weighted by Crippen LogP contribution is -2.17. The first-order chi connectivity index (χ1) is 8.02. The maximum absolute atomic E-state index is 12.1. The van der Waals surface area contributed by atoms with Gasteiger partial charge >= 0.3 is 0 Å². The summed E-state index contributed by atoms with van der Waals surface area (Å²) in [4.78, 5) is 16.0. The number of hydrogen-bond acceptors (Lipinski definition) is 4. The van der Waals surface area contributed by atoms with Gasteiger partial charge in [0.25, 0.3) is 0 Å². The van der Waals surface area contributed by atoms with E-state index in [1.54, 1.807) is 18.5 Å². The number of nitrogens with zero attached hydrogens (tertiary/aromatic N) is 1. The van der Waals surface area contributed by atoms with Crippen LogP contribution in [0.3, 0.4) is 0 Å². The number of aromatic nitrogens is 1. The van der Waals surface area contributed by atoms with Crippen LogP contribution >= 0.6 is 0 Å². The molecule has 17 heavy (non-hydrogen) atoms. The van der Waals surface area contributed by atoms with Gasteiger partial charge in [-0.25, -0.2) is 0 Å². The van der Waals surface area contributed by atoms with Crippen LogP contribution in [0.5, 0.6) is 0 Å². The molecule has 94 valence electrons. The summed E-state index contributed by atoms with van der Waals surface area (Å²) >= 11 is 0. The van der Waals surface area contributed by atoms with Gasteiger partial charge in [0.05, 0.1) is 5.56 Å². The molecule has 4 nitrogen and oxygen atoms in total. The fourth-order valence-corrected chi connectivity index (χ4v) is 1.75. The molecule has 1 heterocycles. The van der Waals surface area contributed by atoms with Crippen molar-refractivity contribution >= 4 is 11.5 Å². The second-order valence-electron chi connectivity index (χ2n) is 4.64. The van der Waals surface area contributed by atoms with Gasteiger partial charge in [-0.1, -0.05) is 13.3 Å². The largest absolute Gasteiger partial charge is 0.398 e. The van der Waals surface area contributed by atoms with Crippen LogP contribution in [0.2, 0.25) is 0 Å². The van der Waals surface area contributed by atoms with Gasteiger partial charge in [-0.2, -0.15) is 0 Å². The Morgan fingerprint density at radius 3 is 2.71 bits per heavy atom. The molecule has 0 aliphatic carbocycles. The van der Waals surface area contributed by atoms with E-state index in [0.717, 1.165) is 19.3 Å². The van der Waals surface area contributed by atoms with E-state index in [4.69, 9.17) is 11.5 Å². The maximum atomic E-state index is 12.1. The molecule has 2 atom stereocenters. The summed E-state index contributed by atoms with van der Waals surface area (Å²) in [6.45, 7) is 3.90. The van der Waals surface area contributed by atoms with Gasteiger partial charge < -0.3 is 11.5 Å². The standard InChI is InChI=1S/C13H21N3O/c1-9(4-3-5-10(2)14)13(17)11-8-16-7-6-12(11)15/h6-10H,3-5,14H2,1-2H3,(H2,15,16). The number of nitrogen functional groups attached to an aromatic ring is 1. The third-order valence-corrected chi connectivity index (χ3v) is 2.86. The molecule has 4 N–H and O–H groups in total. The molecule has 1 aromatic rings. The minimum atomic E-state index is -0.0275. The molecule has 0 saturated heterocycles. The highest BCUT2D eigenvalue weighted by atomic mass is 16.1. The Morgan fingerprint density at radius 2 is 2.12 bits per heavy atom. The Bertz CT molecular complexity index is 377. The molecule has 0 saturated carbocycles. The van der Waals surface area contributed by atoms with Crippen LogP contribution in [0, 0.1) is 5.92 Å². The van der Waals surface area contributed by atoms with Gasteiger partial charge in [-0.05, 0) is 25.8 Å². The Hall–Kier alpha value is -1.42. The summed E-state index contributed by atoms with van der Waals surface area (Å²) in [6, 6.07) is 1.85. The third-order valence-electron chi connectivity index (χ3n) is 2.86. The number of Topliss-reactive ketones (excluding diaryl/α,β-unsaturated/α-hetero) is 1. The van der Waals surface area contributed by atoms with Gasteiger partial charge in [-0.15, -0.1) is 0 Å². The van der Waals surface area contributed by atoms with Crippen LogP contribution in [0.15, 0.2) is 18.5 Å². The minimum Gasteiger partial charge on any atom is -0.398 e. The Morgan fingerprint density at radius 1 is 1.41 bits per heavy atom. The molecular formula is C13H21N3O. The summed E-state index contributed by atoms with van der Waals surface area (Å²) in [5, 5.41) is 0. The highest BCUT2D eigenvalue weighted by Gasteiger charge is 2.17. The highest BCUT2D eigenvalue weighted by Crippen LogP contribution is 2.18. The second-order valence-corrected chi connectivity index (χ2v) is 4.64. The Balaban J connectivity index is 2.55. The predicted octanol–water partition coefficient (Wildman–Crippen LogP) is 2.00. The molecule has 0 radical (unpaired) electrons. The van der Waals surface area contributed by atoms with Crippen molar-refractivity contribution in [3.05, 3.63) is 24.0 Å². The van der Waals surface area contributed by atoms with Crippen LogP contribution in [-0.4, -0.2) is 16.8 Å². The summed E-state index contributed by atoms with van der Waals surface area (Å²) in [5.74, 6) is 0.0422. The molecule has 1 aromatic heterocycles. The van der Waals surface area contributed by atoms with Crippen molar-refractivity contribution in [1.82, 2.24) is 4.98 Å². The zero-order valence-electron chi connectivity index (χ0n) is 10.5. The van der Waals surface area contributed by atoms with Crippen molar-refractivity contribution < 1.29 is 4.79 Å². The normalized spacial score (nSPS) is 14.3. The SMILES string of the molecule is CC(N)CCCC(C)C(=O)c1cnccc1N. The molecule has 0 aliphatic heterocycles. The Kier molecular flexibility index (Phi) is 5.10. The predicted molar refractivity (Wildman–Crippen MR) is 69.6 cm³/mol. The molecule has 0 bridgehead atoms. The van der Waals surface area contributed by atoms with Gasteiger partial charge in [0.2, 0.25) is 0 Å². The molecule has 4 heteroatoms. The Labute approximate surface area is 102 Å². The van der Waals surface area contributed by atoms with Crippen molar-refractivity contribution in [3.8, 4) is 0 Å². The molecule has 2 unspecified atom stereocenters. The number of pyridine rings is 1. The first-order valence-corrected chi connectivity index (χ1v) is 6.01. The summed E-state index contributed by atoms with van der Waals surface area (Å²) in [7, 11) is 0. The van der Waals surface area contributed by atoms with Crippen molar-refractivity contribution in [3.63, 3.8) is 0 Å². The lowest BCUT2D eigenvalue weighted by molar-refractivity contribution is 0.0922. The number of nitrogens with two attached hydrogens (primary N) is 2. The molecule has 1 rings (SSSR count). The molecular weight excluding hydrogens is 214 g/mol. The van der Waals surface area contributed by atoms with Crippen molar-refractivity contribution in [1.29, 1.82) is 0 Å². The topological polar surface area (TPSA) is 82.0 Å². The number of hydrogen-bond donors (Lipinski definition) is 2. The monoisotopic (exact) mass is 235 g/mol. The van der Waals surface area contributed by atoms with Crippen LogP contribution in [0.1, 0.15) is 43.5 Å². The van der Waals surface area contributed by atoms with E-state index in [2.05, 4.69) is 4.98 Å². The van der Waals surface area contributed by atoms with E-state index in [-0.39, 0.29) is 17.7 Å². The fourth-order valence-electron chi connectivity index (χ4n) is 1.75. The van der Waals surface area contributed by atoms with Crippen LogP contribution in [-0.2, 0) is 0 Å². The van der Waals surface area contributed by atoms with Crippen LogP contribution in [0.4, 0.5) is 5.69 Å². The maximum Gasteiger partial charge on any atom is 0.169 e. The smallest absolute Gasteiger partial charge is 0.169 e. The third kappa shape index (κ3) is 4.15. The van der Waals surface area contributed by atoms with E-state index >= 15 is 0 Å². The number of carbonyl (C=O) groups is 1. The highest BCUT2D eigenvalue weighted by molar-refractivity contribution is 6.01. The average Bonchev–Trinajstić information content (AvgIpc) is 2.28. The summed E-state index contributed by atoms with van der Waals surface area (Å²) in [6.07, 6.45) is 5.88. The first kappa shape index (κ1) is 13.6. The number of carbonyl (C=O) groups excluding carboxylic acids is 1. The number of rotatable bonds is 6. The zero-order valence-corrected chi connectivity index (χ0v) is 10.5. The van der Waals surface area contributed by atoms with Crippen molar-refractivity contribution in [2.45, 2.75) is 39.2 Å². The van der Waals surface area contributed by atoms with Crippen molar-refractivity contribution in [2.75, 3.05) is 5.73 Å². The van der Waals surface area contributed by atoms with E-state index in [1.165, 1.54) is 0 Å². The minimum absolute atomic E-state index is 0.0275. The molecule has 0 amide bonds. The lowest BCUT2D eigenvalue weighted by Gasteiger charge is -2.12. The lowest BCUT2D eigenvalue weighted by atomic mass is 9.94. The van der Waals surface area contributed by atoms with E-state index in [0.29, 0.717) is 11.3 Å². The fraction of sp³-hybridized carbons (Fsp3) is 0.538. The van der Waals surface area contributed by atoms with Gasteiger partial charge in [0.1, 0.15) is 0 Å². The molecule has 0 spiro atoms. The average molecular weight is 235 g/mol. The van der Waals surface area contributed by atoms with E-state index in [9.17, 15) is 4.79 Å². The summed E-state index contributed by atoms with van der Waals surface area (Å²) < 4.78 is 0. The number of anilines is 1. The van der Waals surface area contributed by atoms with Gasteiger partial charge in [-0.3, -0.25) is 9.78 Å². The molecule has 0 fully saturated rings. The number of ketones is 1. The van der Waals surface area contributed by atoms with Crippen LogP contribution < -0.4 is 11.5 Å². The molecule has 0 aliphatic rings. The molecule has 0 aromatic carbocycles. The summed E-state index contributed by atoms with van der Waals surface area (Å²) in [5.41, 5.74) is 12.5. The van der Waals surface area contributed by atoms with Gasteiger partial charge in [0.15, 0.2) is 5.78 Å².